The smallest absolute Gasteiger partial charge is 0.222 e. The summed E-state index contributed by atoms with van der Waals surface area (Å²) in [6.07, 6.45) is 27.1. The molecule has 2 aliphatic heterocycles. The quantitative estimate of drug-likeness (QED) is 0.122. The van der Waals surface area contributed by atoms with Crippen molar-refractivity contribution >= 4 is 11.8 Å². The number of morpholine rings is 2. The van der Waals surface area contributed by atoms with Crippen molar-refractivity contribution < 1.29 is 19.1 Å². The number of unbranched alkanes of at least 4 members (excludes halogenated alkanes) is 17. The lowest BCUT2D eigenvalue weighted by molar-refractivity contribution is -0.143. The van der Waals surface area contributed by atoms with Crippen LogP contribution in [0.15, 0.2) is 0 Å². The molecule has 43 heavy (non-hydrogen) atoms. The lowest BCUT2D eigenvalue weighted by Gasteiger charge is -2.35. The van der Waals surface area contributed by atoms with E-state index in [2.05, 4.69) is 27.7 Å². The molecular formula is C37H72N2O4. The van der Waals surface area contributed by atoms with Gasteiger partial charge in [0.1, 0.15) is 0 Å². The number of ether oxygens (including phenoxy) is 2. The Bertz CT molecular complexity index is 668. The van der Waals surface area contributed by atoms with Crippen LogP contribution >= 0.6 is 0 Å². The summed E-state index contributed by atoms with van der Waals surface area (Å²) in [6, 6.07) is 0. The Hall–Kier alpha value is -1.14. The van der Waals surface area contributed by atoms with Gasteiger partial charge in [-0.25, -0.2) is 0 Å². The van der Waals surface area contributed by atoms with Gasteiger partial charge in [0, 0.05) is 39.0 Å². The van der Waals surface area contributed by atoms with Crippen molar-refractivity contribution in [2.75, 3.05) is 26.2 Å². The molecule has 0 aliphatic carbocycles. The van der Waals surface area contributed by atoms with E-state index in [1.165, 1.54) is 109 Å². The molecule has 0 radical (unpaired) electrons. The monoisotopic (exact) mass is 609 g/mol. The Morgan fingerprint density at radius 1 is 0.442 bits per heavy atom. The maximum atomic E-state index is 12.2. The number of hydrogen-bond acceptors (Lipinski definition) is 4. The largest absolute Gasteiger partial charge is 0.372 e. The maximum absolute atomic E-state index is 12.2. The van der Waals surface area contributed by atoms with Gasteiger partial charge in [-0.15, -0.1) is 0 Å². The third-order valence-electron chi connectivity index (χ3n) is 8.78. The van der Waals surface area contributed by atoms with Crippen LogP contribution in [0.2, 0.25) is 0 Å². The Balaban J connectivity index is 0.000000434. The summed E-state index contributed by atoms with van der Waals surface area (Å²) in [6.45, 7) is 15.8. The van der Waals surface area contributed by atoms with Gasteiger partial charge in [0.05, 0.1) is 24.4 Å². The first-order chi connectivity index (χ1) is 20.8. The lowest BCUT2D eigenvalue weighted by atomic mass is 10.0. The second-order valence-electron chi connectivity index (χ2n) is 13.6. The lowest BCUT2D eigenvalue weighted by Crippen LogP contribution is -2.48. The molecule has 2 heterocycles. The highest BCUT2D eigenvalue weighted by molar-refractivity contribution is 5.76. The van der Waals surface area contributed by atoms with Crippen LogP contribution in [0.25, 0.3) is 0 Å². The van der Waals surface area contributed by atoms with E-state index in [-0.39, 0.29) is 24.4 Å². The molecule has 0 N–H and O–H groups in total. The molecule has 0 aromatic heterocycles. The zero-order chi connectivity index (χ0) is 31.7. The summed E-state index contributed by atoms with van der Waals surface area (Å²) in [5.41, 5.74) is 0. The molecule has 2 fully saturated rings. The van der Waals surface area contributed by atoms with Gasteiger partial charge >= 0.3 is 0 Å². The molecule has 0 spiro atoms. The SMILES string of the molecule is CCCCCCCCCCC(=O)N1CC(C)OC(C)C1.CCCCCCCCCCCCCC(=O)N1CC(C)OC(C)C1. The fourth-order valence-electron chi connectivity index (χ4n) is 6.43. The first kappa shape index (κ1) is 39.9. The summed E-state index contributed by atoms with van der Waals surface area (Å²) < 4.78 is 11.3. The number of nitrogens with zero attached hydrogens (tertiary/aromatic N) is 2. The first-order valence-electron chi connectivity index (χ1n) is 18.6. The third-order valence-corrected chi connectivity index (χ3v) is 8.78. The van der Waals surface area contributed by atoms with Gasteiger partial charge in [-0.1, -0.05) is 123 Å². The Morgan fingerprint density at radius 3 is 0.930 bits per heavy atom. The van der Waals surface area contributed by atoms with Crippen molar-refractivity contribution in [1.82, 2.24) is 9.80 Å². The maximum Gasteiger partial charge on any atom is 0.222 e. The average Bonchev–Trinajstić information content (AvgIpc) is 2.96. The van der Waals surface area contributed by atoms with Crippen LogP contribution in [-0.2, 0) is 19.1 Å². The Labute approximate surface area is 267 Å². The molecule has 2 aliphatic rings. The van der Waals surface area contributed by atoms with Gasteiger partial charge in [-0.05, 0) is 40.5 Å². The zero-order valence-corrected chi connectivity index (χ0v) is 29.5. The van der Waals surface area contributed by atoms with E-state index in [4.69, 9.17) is 9.47 Å². The zero-order valence-electron chi connectivity index (χ0n) is 29.5. The summed E-state index contributed by atoms with van der Waals surface area (Å²) in [5, 5.41) is 0. The number of rotatable bonds is 21. The first-order valence-corrected chi connectivity index (χ1v) is 18.6. The summed E-state index contributed by atoms with van der Waals surface area (Å²) in [4.78, 5) is 28.3. The molecule has 0 aromatic carbocycles. The Morgan fingerprint density at radius 2 is 0.674 bits per heavy atom. The number of carbonyl (C=O) groups excluding carboxylic acids is 2. The number of amides is 2. The number of hydrogen-bond donors (Lipinski definition) is 0. The summed E-state index contributed by atoms with van der Waals surface area (Å²) in [7, 11) is 0. The standard InChI is InChI=1S/C20H39NO2.C17H33NO2/c1-4-5-6-7-8-9-10-11-12-13-14-15-20(22)21-16-18(2)23-19(3)17-21;1-4-5-6-7-8-9-10-11-12-17(19)18-13-15(2)20-16(3)14-18/h18-19H,4-17H2,1-3H3;15-16H,4-14H2,1-3H3. The van der Waals surface area contributed by atoms with Crippen LogP contribution in [0.1, 0.15) is 176 Å². The number of carbonyl (C=O) groups is 2. The predicted octanol–water partition coefficient (Wildman–Crippen LogP) is 9.48. The fraction of sp³-hybridized carbons (Fsp3) is 0.946. The van der Waals surface area contributed by atoms with Gasteiger partial charge in [-0.2, -0.15) is 0 Å². The minimum atomic E-state index is 0.181. The van der Waals surface area contributed by atoms with Crippen molar-refractivity contribution in [3.63, 3.8) is 0 Å². The highest BCUT2D eigenvalue weighted by Gasteiger charge is 2.26. The van der Waals surface area contributed by atoms with Crippen molar-refractivity contribution in [3.05, 3.63) is 0 Å². The van der Waals surface area contributed by atoms with E-state index < -0.39 is 0 Å². The minimum Gasteiger partial charge on any atom is -0.372 e. The van der Waals surface area contributed by atoms with Gasteiger partial charge in [-0.3, -0.25) is 9.59 Å². The van der Waals surface area contributed by atoms with E-state index in [1.807, 2.05) is 23.6 Å². The predicted molar refractivity (Wildman–Crippen MR) is 181 cm³/mol. The van der Waals surface area contributed by atoms with Crippen LogP contribution < -0.4 is 0 Å². The second-order valence-corrected chi connectivity index (χ2v) is 13.6. The van der Waals surface area contributed by atoms with Crippen LogP contribution in [0.5, 0.6) is 0 Å². The highest BCUT2D eigenvalue weighted by Crippen LogP contribution is 2.16. The molecule has 6 nitrogen and oxygen atoms in total. The van der Waals surface area contributed by atoms with E-state index in [0.29, 0.717) is 18.2 Å². The van der Waals surface area contributed by atoms with E-state index in [9.17, 15) is 9.59 Å². The van der Waals surface area contributed by atoms with E-state index >= 15 is 0 Å². The van der Waals surface area contributed by atoms with E-state index in [0.717, 1.165) is 45.4 Å². The summed E-state index contributed by atoms with van der Waals surface area (Å²) in [5.74, 6) is 0.640. The molecule has 4 atom stereocenters. The highest BCUT2D eigenvalue weighted by atomic mass is 16.5. The molecule has 0 bridgehead atoms. The van der Waals surface area contributed by atoms with Crippen LogP contribution in [0.3, 0.4) is 0 Å². The molecule has 2 amide bonds. The second kappa shape index (κ2) is 26.1. The topological polar surface area (TPSA) is 59.1 Å². The van der Waals surface area contributed by atoms with Crippen LogP contribution in [0, 0.1) is 0 Å². The van der Waals surface area contributed by atoms with Gasteiger partial charge in [0.15, 0.2) is 0 Å². The molecule has 4 unspecified atom stereocenters. The van der Waals surface area contributed by atoms with Crippen molar-refractivity contribution in [3.8, 4) is 0 Å². The molecule has 2 rings (SSSR count). The van der Waals surface area contributed by atoms with Crippen molar-refractivity contribution in [2.24, 2.45) is 0 Å². The van der Waals surface area contributed by atoms with Crippen molar-refractivity contribution in [2.45, 2.75) is 201 Å². The Kier molecular flexibility index (Phi) is 24.2. The molecule has 0 aromatic rings. The van der Waals surface area contributed by atoms with Crippen LogP contribution in [-0.4, -0.2) is 72.2 Å². The third kappa shape index (κ3) is 21.3. The summed E-state index contributed by atoms with van der Waals surface area (Å²) >= 11 is 0. The molecule has 6 heteroatoms. The van der Waals surface area contributed by atoms with Gasteiger partial charge in [0.25, 0.3) is 0 Å². The average molecular weight is 609 g/mol. The molecule has 0 saturated carbocycles. The van der Waals surface area contributed by atoms with Gasteiger partial charge in [0.2, 0.25) is 11.8 Å². The van der Waals surface area contributed by atoms with Crippen LogP contribution in [0.4, 0.5) is 0 Å². The normalized spacial score (nSPS) is 22.3. The van der Waals surface area contributed by atoms with E-state index in [1.54, 1.807) is 0 Å². The fourth-order valence-corrected chi connectivity index (χ4v) is 6.43. The molecular weight excluding hydrogens is 536 g/mol. The minimum absolute atomic E-state index is 0.181. The molecule has 254 valence electrons. The van der Waals surface area contributed by atoms with Crippen molar-refractivity contribution in [1.29, 1.82) is 0 Å². The molecule has 2 saturated heterocycles. The van der Waals surface area contributed by atoms with Gasteiger partial charge < -0.3 is 19.3 Å².